The molecule has 0 aromatic heterocycles. The van der Waals surface area contributed by atoms with Crippen LogP contribution in [0.2, 0.25) is 0 Å². The number of carbonyl (C=O) groups is 2. The van der Waals surface area contributed by atoms with Gasteiger partial charge in [-0.3, -0.25) is 9.59 Å². The minimum atomic E-state index is -0.766. The number of nitrogens with one attached hydrogen (secondary N) is 2. The van der Waals surface area contributed by atoms with E-state index in [1.54, 1.807) is 36.4 Å². The van der Waals surface area contributed by atoms with Crippen LogP contribution in [0.1, 0.15) is 37.7 Å². The fraction of sp³-hybridized carbons (Fsp3) is 0.375. The molecule has 168 valence electrons. The van der Waals surface area contributed by atoms with Gasteiger partial charge >= 0.3 is 0 Å². The third-order valence-electron chi connectivity index (χ3n) is 5.41. The molecule has 0 spiro atoms. The van der Waals surface area contributed by atoms with Gasteiger partial charge in [0.25, 0.3) is 11.8 Å². The van der Waals surface area contributed by atoms with Crippen molar-refractivity contribution in [2.45, 2.75) is 44.2 Å². The summed E-state index contributed by atoms with van der Waals surface area (Å²) in [6.45, 7) is 0.116. The largest absolute Gasteiger partial charge is 0.485 e. The van der Waals surface area contributed by atoms with E-state index >= 15 is 0 Å². The topological polar surface area (TPSA) is 98.2 Å². The van der Waals surface area contributed by atoms with Gasteiger partial charge < -0.3 is 19.5 Å². The Kier molecular flexibility index (Phi) is 7.22. The summed E-state index contributed by atoms with van der Waals surface area (Å²) in [5.74, 6) is 1.26. The maximum Gasteiger partial charge on any atom is 0.284 e. The average molecular weight is 437 g/mol. The first kappa shape index (κ1) is 21.7. The zero-order chi connectivity index (χ0) is 22.2. The number of para-hydroxylation sites is 2. The number of nitrogens with zero attached hydrogens (tertiary/aromatic N) is 1. The maximum absolute atomic E-state index is 12.3. The van der Waals surface area contributed by atoms with Gasteiger partial charge in [0.05, 0.1) is 6.21 Å². The van der Waals surface area contributed by atoms with Gasteiger partial charge in [0.2, 0.25) is 6.10 Å². The molecule has 1 saturated carbocycles. The molecule has 0 bridgehead atoms. The second kappa shape index (κ2) is 10.7. The summed E-state index contributed by atoms with van der Waals surface area (Å²) in [4.78, 5) is 24.3. The number of ether oxygens (including phenoxy) is 3. The highest BCUT2D eigenvalue weighted by Crippen LogP contribution is 2.30. The standard InChI is InChI=1S/C24H27N3O5/c28-23(26-18-6-2-1-3-7-18)16-30-19-12-10-17(11-13-19)14-25-27-24(29)22-15-31-20-8-4-5-9-21(20)32-22/h4-5,8-14,18,22H,1-3,6-7,15-16H2,(H,26,28)(H,27,29)/b25-14-/t22-/m1/s1. The van der Waals surface area contributed by atoms with E-state index in [9.17, 15) is 9.59 Å². The van der Waals surface area contributed by atoms with Crippen molar-refractivity contribution in [1.82, 2.24) is 10.7 Å². The molecule has 0 unspecified atom stereocenters. The second-order valence-electron chi connectivity index (χ2n) is 7.86. The molecule has 1 aliphatic carbocycles. The highest BCUT2D eigenvalue weighted by atomic mass is 16.6. The van der Waals surface area contributed by atoms with Crippen molar-refractivity contribution in [3.63, 3.8) is 0 Å². The lowest BCUT2D eigenvalue weighted by Crippen LogP contribution is -2.42. The van der Waals surface area contributed by atoms with Gasteiger partial charge in [0.1, 0.15) is 12.4 Å². The number of hydrazone groups is 1. The van der Waals surface area contributed by atoms with Crippen molar-refractivity contribution < 1.29 is 23.8 Å². The molecule has 0 radical (unpaired) electrons. The van der Waals surface area contributed by atoms with Crippen LogP contribution in [0.5, 0.6) is 17.2 Å². The van der Waals surface area contributed by atoms with Gasteiger partial charge in [-0.25, -0.2) is 5.43 Å². The van der Waals surface area contributed by atoms with Crippen molar-refractivity contribution in [1.29, 1.82) is 0 Å². The van der Waals surface area contributed by atoms with E-state index < -0.39 is 6.10 Å². The third kappa shape index (κ3) is 6.00. The molecule has 2 aromatic rings. The molecule has 4 rings (SSSR count). The molecule has 2 amide bonds. The predicted molar refractivity (Wildman–Crippen MR) is 119 cm³/mol. The lowest BCUT2D eigenvalue weighted by Gasteiger charge is -2.24. The SMILES string of the molecule is O=C(COc1ccc(/C=N\NC(=O)[C@H]2COc3ccccc3O2)cc1)NC1CCCCC1. The predicted octanol–water partition coefficient (Wildman–Crippen LogP) is 2.80. The van der Waals surface area contributed by atoms with Crippen molar-refractivity contribution >= 4 is 18.0 Å². The summed E-state index contributed by atoms with van der Waals surface area (Å²) < 4.78 is 16.7. The molecule has 8 heteroatoms. The van der Waals surface area contributed by atoms with E-state index in [0.29, 0.717) is 17.2 Å². The third-order valence-corrected chi connectivity index (χ3v) is 5.41. The highest BCUT2D eigenvalue weighted by Gasteiger charge is 2.27. The van der Waals surface area contributed by atoms with E-state index in [2.05, 4.69) is 15.8 Å². The number of hydrogen-bond acceptors (Lipinski definition) is 6. The first-order valence-corrected chi connectivity index (χ1v) is 10.9. The van der Waals surface area contributed by atoms with Crippen LogP contribution in [0.15, 0.2) is 53.6 Å². The maximum atomic E-state index is 12.3. The van der Waals surface area contributed by atoms with Crippen molar-refractivity contribution in [2.75, 3.05) is 13.2 Å². The molecule has 1 aliphatic heterocycles. The minimum absolute atomic E-state index is 0.00736. The lowest BCUT2D eigenvalue weighted by molar-refractivity contribution is -0.130. The fourth-order valence-electron chi connectivity index (χ4n) is 3.71. The van der Waals surface area contributed by atoms with Crippen molar-refractivity contribution in [3.8, 4) is 17.2 Å². The Morgan fingerprint density at radius 2 is 1.78 bits per heavy atom. The Hall–Kier alpha value is -3.55. The summed E-state index contributed by atoms with van der Waals surface area (Å²) in [5, 5.41) is 7.00. The van der Waals surface area contributed by atoms with Crippen LogP contribution in [-0.4, -0.2) is 43.4 Å². The first-order chi connectivity index (χ1) is 15.7. The smallest absolute Gasteiger partial charge is 0.284 e. The van der Waals surface area contributed by atoms with E-state index in [0.717, 1.165) is 18.4 Å². The molecular weight excluding hydrogens is 410 g/mol. The van der Waals surface area contributed by atoms with Crippen LogP contribution in [0, 0.1) is 0 Å². The van der Waals surface area contributed by atoms with Gasteiger partial charge in [-0.1, -0.05) is 31.4 Å². The fourth-order valence-corrected chi connectivity index (χ4v) is 3.71. The number of amides is 2. The normalized spacial score (nSPS) is 18.2. The molecular formula is C24H27N3O5. The van der Waals surface area contributed by atoms with E-state index in [1.165, 1.54) is 25.5 Å². The molecule has 2 aliphatic rings. The van der Waals surface area contributed by atoms with E-state index in [4.69, 9.17) is 14.2 Å². The van der Waals surface area contributed by atoms with Crippen LogP contribution < -0.4 is 25.0 Å². The van der Waals surface area contributed by atoms with E-state index in [1.807, 2.05) is 12.1 Å². The highest BCUT2D eigenvalue weighted by molar-refractivity contribution is 5.85. The lowest BCUT2D eigenvalue weighted by atomic mass is 9.95. The molecule has 1 heterocycles. The summed E-state index contributed by atoms with van der Waals surface area (Å²) in [6.07, 6.45) is 6.44. The molecule has 1 atom stereocenters. The number of rotatable bonds is 7. The quantitative estimate of drug-likeness (QED) is 0.513. The van der Waals surface area contributed by atoms with Crippen LogP contribution >= 0.6 is 0 Å². The second-order valence-corrected chi connectivity index (χ2v) is 7.86. The van der Waals surface area contributed by atoms with Crippen LogP contribution in [0.3, 0.4) is 0 Å². The Balaban J connectivity index is 1.19. The van der Waals surface area contributed by atoms with Crippen molar-refractivity contribution in [3.05, 3.63) is 54.1 Å². The van der Waals surface area contributed by atoms with Gasteiger partial charge in [0, 0.05) is 6.04 Å². The summed E-state index contributed by atoms with van der Waals surface area (Å²) >= 11 is 0. The van der Waals surface area contributed by atoms with Gasteiger partial charge in [-0.2, -0.15) is 5.10 Å². The number of benzene rings is 2. The van der Waals surface area contributed by atoms with Gasteiger partial charge in [-0.05, 0) is 54.8 Å². The van der Waals surface area contributed by atoms with Crippen molar-refractivity contribution in [2.24, 2.45) is 5.10 Å². The molecule has 1 fully saturated rings. The zero-order valence-electron chi connectivity index (χ0n) is 17.8. The average Bonchev–Trinajstić information content (AvgIpc) is 2.84. The van der Waals surface area contributed by atoms with Crippen LogP contribution in [0.4, 0.5) is 0 Å². The number of fused-ring (bicyclic) bond motifs is 1. The van der Waals surface area contributed by atoms with Gasteiger partial charge in [-0.15, -0.1) is 0 Å². The minimum Gasteiger partial charge on any atom is -0.485 e. The molecule has 2 aromatic carbocycles. The molecule has 0 saturated heterocycles. The first-order valence-electron chi connectivity index (χ1n) is 10.9. The Bertz CT molecular complexity index is 954. The van der Waals surface area contributed by atoms with Crippen LogP contribution in [0.25, 0.3) is 0 Å². The Morgan fingerprint density at radius 3 is 2.56 bits per heavy atom. The molecule has 32 heavy (non-hydrogen) atoms. The molecule has 8 nitrogen and oxygen atoms in total. The zero-order valence-corrected chi connectivity index (χ0v) is 17.8. The number of hydrogen-bond donors (Lipinski definition) is 2. The number of carbonyl (C=O) groups excluding carboxylic acids is 2. The summed E-state index contributed by atoms with van der Waals surface area (Å²) in [5.41, 5.74) is 3.24. The molecule has 2 N–H and O–H groups in total. The van der Waals surface area contributed by atoms with Gasteiger partial charge in [0.15, 0.2) is 18.1 Å². The summed E-state index contributed by atoms with van der Waals surface area (Å²) in [6, 6.07) is 14.6. The van der Waals surface area contributed by atoms with E-state index in [-0.39, 0.29) is 31.1 Å². The van der Waals surface area contributed by atoms with Crippen LogP contribution in [-0.2, 0) is 9.59 Å². The Labute approximate surface area is 186 Å². The Morgan fingerprint density at radius 1 is 1.03 bits per heavy atom. The monoisotopic (exact) mass is 437 g/mol. The summed E-state index contributed by atoms with van der Waals surface area (Å²) in [7, 11) is 0.